The number of aliphatic hydroxyl groups is 1. The van der Waals surface area contributed by atoms with Gasteiger partial charge >= 0.3 is 0 Å². The molecule has 5 rings (SSSR count). The van der Waals surface area contributed by atoms with Crippen LogP contribution in [0.25, 0.3) is 0 Å². The van der Waals surface area contributed by atoms with Crippen LogP contribution in [0.15, 0.2) is 12.3 Å². The summed E-state index contributed by atoms with van der Waals surface area (Å²) in [6.45, 7) is 11.5. The van der Waals surface area contributed by atoms with E-state index in [1.165, 1.54) is 64.2 Å². The standard InChI is InChI=1S/C27H41N3O.C2H6.CH4O/c1-3-31-18-19-4-7-23-20(16-19)5-8-25-24(23)10-13-27(2)21(6-9-26(25)27)12-15-30-22(17-28)11-14-29-30;2*1-2/h11,14,19-21,23-26H,3-10,12-13,15-16,18H2,1-2H3;1-2H3;2H,1H3. The lowest BCUT2D eigenvalue weighted by Gasteiger charge is -2.56. The van der Waals surface area contributed by atoms with E-state index in [-0.39, 0.29) is 0 Å². The van der Waals surface area contributed by atoms with Crippen LogP contribution in [-0.4, -0.2) is 35.2 Å². The summed E-state index contributed by atoms with van der Waals surface area (Å²) in [4.78, 5) is 0. The third-order valence-corrected chi connectivity index (χ3v) is 10.3. The zero-order chi connectivity index (χ0) is 25.4. The lowest BCUT2D eigenvalue weighted by molar-refractivity contribution is -0.0737. The van der Waals surface area contributed by atoms with Gasteiger partial charge in [-0.25, -0.2) is 0 Å². The van der Waals surface area contributed by atoms with Gasteiger partial charge in [-0.1, -0.05) is 20.8 Å². The van der Waals surface area contributed by atoms with Gasteiger partial charge in [-0.3, -0.25) is 4.68 Å². The minimum absolute atomic E-state index is 0.514. The third kappa shape index (κ3) is 5.80. The van der Waals surface area contributed by atoms with Crippen molar-refractivity contribution in [3.8, 4) is 6.07 Å². The number of rotatable bonds is 6. The number of hydrogen-bond donors (Lipinski definition) is 1. The molecule has 0 radical (unpaired) electrons. The van der Waals surface area contributed by atoms with Crippen LogP contribution in [0.5, 0.6) is 0 Å². The summed E-state index contributed by atoms with van der Waals surface area (Å²) >= 11 is 0. The first-order chi connectivity index (χ1) is 17.1. The Kier molecular flexibility index (Phi) is 10.7. The Hall–Kier alpha value is -1.38. The monoisotopic (exact) mass is 485 g/mol. The van der Waals surface area contributed by atoms with Crippen LogP contribution >= 0.6 is 0 Å². The number of aliphatic hydroxyl groups excluding tert-OH is 1. The van der Waals surface area contributed by atoms with Gasteiger partial charge in [0.25, 0.3) is 0 Å². The molecule has 5 nitrogen and oxygen atoms in total. The van der Waals surface area contributed by atoms with Gasteiger partial charge in [0, 0.05) is 26.9 Å². The molecule has 1 aromatic rings. The van der Waals surface area contributed by atoms with Crippen molar-refractivity contribution in [1.82, 2.24) is 9.78 Å². The highest BCUT2D eigenvalue weighted by molar-refractivity contribution is 5.18. The molecule has 0 amide bonds. The molecule has 5 heteroatoms. The molecule has 8 unspecified atom stereocenters. The second-order valence-corrected chi connectivity index (χ2v) is 11.4. The molecule has 0 spiro atoms. The summed E-state index contributed by atoms with van der Waals surface area (Å²) in [5, 5.41) is 20.7. The Labute approximate surface area is 214 Å². The Morgan fingerprint density at radius 2 is 1.86 bits per heavy atom. The molecule has 4 aliphatic carbocycles. The predicted octanol–water partition coefficient (Wildman–Crippen LogP) is 6.70. The Morgan fingerprint density at radius 3 is 2.60 bits per heavy atom. The quantitative estimate of drug-likeness (QED) is 0.486. The van der Waals surface area contributed by atoms with Crippen LogP contribution in [0.3, 0.4) is 0 Å². The first-order valence-electron chi connectivity index (χ1n) is 14.6. The molecule has 4 aliphatic rings. The molecule has 4 fully saturated rings. The first kappa shape index (κ1) is 28.2. The van der Waals surface area contributed by atoms with E-state index in [1.54, 1.807) is 6.20 Å². The Bertz CT molecular complexity index is 802. The van der Waals surface area contributed by atoms with E-state index in [2.05, 4.69) is 25.0 Å². The first-order valence-corrected chi connectivity index (χ1v) is 14.6. The number of ether oxygens (including phenoxy) is 1. The normalized spacial score (nSPS) is 37.3. The van der Waals surface area contributed by atoms with E-state index < -0.39 is 0 Å². The van der Waals surface area contributed by atoms with Crippen molar-refractivity contribution in [2.75, 3.05) is 20.3 Å². The van der Waals surface area contributed by atoms with E-state index in [9.17, 15) is 5.26 Å². The molecule has 1 aromatic heterocycles. The average Bonchev–Trinajstić information content (AvgIpc) is 3.51. The molecule has 0 bridgehead atoms. The van der Waals surface area contributed by atoms with Crippen LogP contribution in [0.1, 0.15) is 97.6 Å². The topological polar surface area (TPSA) is 71.1 Å². The maximum Gasteiger partial charge on any atom is 0.138 e. The predicted molar refractivity (Wildman–Crippen MR) is 142 cm³/mol. The third-order valence-electron chi connectivity index (χ3n) is 10.3. The summed E-state index contributed by atoms with van der Waals surface area (Å²) in [6.07, 6.45) is 15.9. The molecule has 35 heavy (non-hydrogen) atoms. The van der Waals surface area contributed by atoms with Crippen molar-refractivity contribution in [1.29, 1.82) is 5.26 Å². The van der Waals surface area contributed by atoms with Gasteiger partial charge < -0.3 is 9.84 Å². The molecule has 4 saturated carbocycles. The van der Waals surface area contributed by atoms with E-state index >= 15 is 0 Å². The van der Waals surface area contributed by atoms with Crippen molar-refractivity contribution in [3.63, 3.8) is 0 Å². The zero-order valence-corrected chi connectivity index (χ0v) is 23.1. The second kappa shape index (κ2) is 13.2. The number of fused-ring (bicyclic) bond motifs is 5. The van der Waals surface area contributed by atoms with Crippen LogP contribution < -0.4 is 0 Å². The smallest absolute Gasteiger partial charge is 0.138 e. The number of aryl methyl sites for hydroxylation is 1. The number of hydrogen-bond acceptors (Lipinski definition) is 4. The maximum atomic E-state index is 9.30. The highest BCUT2D eigenvalue weighted by Crippen LogP contribution is 2.65. The van der Waals surface area contributed by atoms with Gasteiger partial charge in [0.05, 0.1) is 6.20 Å². The molecule has 8 atom stereocenters. The minimum Gasteiger partial charge on any atom is -0.400 e. The van der Waals surface area contributed by atoms with Crippen molar-refractivity contribution < 1.29 is 9.84 Å². The molecule has 198 valence electrons. The fourth-order valence-electron chi connectivity index (χ4n) is 8.85. The summed E-state index contributed by atoms with van der Waals surface area (Å²) in [6, 6.07) is 4.13. The number of nitriles is 1. The van der Waals surface area contributed by atoms with Gasteiger partial charge in [-0.2, -0.15) is 10.4 Å². The fourth-order valence-corrected chi connectivity index (χ4v) is 8.85. The van der Waals surface area contributed by atoms with Gasteiger partial charge in [-0.15, -0.1) is 0 Å². The van der Waals surface area contributed by atoms with E-state index in [4.69, 9.17) is 9.84 Å². The highest BCUT2D eigenvalue weighted by atomic mass is 16.5. The minimum atomic E-state index is 0.514. The number of aromatic nitrogens is 2. The van der Waals surface area contributed by atoms with Crippen molar-refractivity contribution >= 4 is 0 Å². The SMILES string of the molecule is CC.CCOCC1CCC2C(CCC3C2CCC2(C)C(CCn4nccc4C#N)CCC32)C1.CO. The second-order valence-electron chi connectivity index (χ2n) is 11.4. The van der Waals surface area contributed by atoms with Crippen LogP contribution in [-0.2, 0) is 11.3 Å². The van der Waals surface area contributed by atoms with Crippen LogP contribution in [0, 0.1) is 58.2 Å². The van der Waals surface area contributed by atoms with Crippen LogP contribution in [0.4, 0.5) is 0 Å². The molecule has 1 N–H and O–H groups in total. The summed E-state index contributed by atoms with van der Waals surface area (Å²) < 4.78 is 7.71. The van der Waals surface area contributed by atoms with E-state index in [1.807, 2.05) is 24.6 Å². The zero-order valence-electron chi connectivity index (χ0n) is 23.1. The Morgan fingerprint density at radius 1 is 1.09 bits per heavy atom. The molecule has 0 aliphatic heterocycles. The van der Waals surface area contributed by atoms with Crippen molar-refractivity contribution in [2.45, 2.75) is 98.4 Å². The average molecular weight is 486 g/mol. The van der Waals surface area contributed by atoms with Crippen molar-refractivity contribution in [3.05, 3.63) is 18.0 Å². The van der Waals surface area contributed by atoms with Gasteiger partial charge in [0.2, 0.25) is 0 Å². The highest BCUT2D eigenvalue weighted by Gasteiger charge is 2.56. The van der Waals surface area contributed by atoms with Crippen LogP contribution in [0.2, 0.25) is 0 Å². The Balaban J connectivity index is 0.000000815. The number of nitrogens with zero attached hydrogens (tertiary/aromatic N) is 3. The van der Waals surface area contributed by atoms with E-state index in [0.29, 0.717) is 11.1 Å². The van der Waals surface area contributed by atoms with Crippen molar-refractivity contribution in [2.24, 2.45) is 46.8 Å². The molecule has 0 aromatic carbocycles. The fraction of sp³-hybridized carbons (Fsp3) is 0.867. The molecular weight excluding hydrogens is 434 g/mol. The summed E-state index contributed by atoms with van der Waals surface area (Å²) in [5.41, 5.74) is 1.22. The lowest BCUT2D eigenvalue weighted by atomic mass is 9.49. The lowest BCUT2D eigenvalue weighted by Crippen LogP contribution is -2.48. The molecular formula is C30H51N3O2. The summed E-state index contributed by atoms with van der Waals surface area (Å²) in [7, 11) is 1.00. The molecule has 0 saturated heterocycles. The molecule has 1 heterocycles. The van der Waals surface area contributed by atoms with Gasteiger partial charge in [0.1, 0.15) is 11.8 Å². The largest absolute Gasteiger partial charge is 0.400 e. The van der Waals surface area contributed by atoms with Gasteiger partial charge in [0.15, 0.2) is 0 Å². The van der Waals surface area contributed by atoms with E-state index in [0.717, 1.165) is 68.3 Å². The van der Waals surface area contributed by atoms with Gasteiger partial charge in [-0.05, 0) is 124 Å². The maximum absolute atomic E-state index is 9.30. The summed E-state index contributed by atoms with van der Waals surface area (Å²) in [5.74, 6) is 6.52.